The minimum Gasteiger partial charge on any atom is -0.465 e. The lowest BCUT2D eigenvalue weighted by Crippen LogP contribution is -2.38. The number of rotatable bonds is 5. The van der Waals surface area contributed by atoms with Crippen molar-refractivity contribution in [2.45, 2.75) is 6.92 Å². The highest BCUT2D eigenvalue weighted by Gasteiger charge is 2.16. The van der Waals surface area contributed by atoms with Crippen LogP contribution < -0.4 is 16.6 Å². The molecular formula is C15H15N3O4. The summed E-state index contributed by atoms with van der Waals surface area (Å²) in [6.45, 7) is 1.64. The molecule has 0 fully saturated rings. The quantitative estimate of drug-likeness (QED) is 0.335. The van der Waals surface area contributed by atoms with Crippen molar-refractivity contribution >= 4 is 23.5 Å². The highest BCUT2D eigenvalue weighted by Crippen LogP contribution is 2.17. The topological polar surface area (TPSA) is 110 Å². The van der Waals surface area contributed by atoms with E-state index >= 15 is 0 Å². The summed E-state index contributed by atoms with van der Waals surface area (Å²) >= 11 is 0. The van der Waals surface area contributed by atoms with E-state index in [1.54, 1.807) is 31.2 Å². The molecule has 0 radical (unpaired) electrons. The third-order valence-corrected chi connectivity index (χ3v) is 2.81. The van der Waals surface area contributed by atoms with Crippen LogP contribution in [0.4, 0.5) is 0 Å². The highest BCUT2D eigenvalue weighted by molar-refractivity contribution is 6.05. The van der Waals surface area contributed by atoms with Crippen LogP contribution in [-0.2, 0) is 9.59 Å². The standard InChI is InChI=1S/C15H15N3O4/c1-10(12-5-3-9-22-12)14(15(20)18-16)17-13(19)7-6-11-4-2-8-21-11/h2-9H,16H2,1H3,(H,17,19)(H,18,20)/b7-6+,14-10-. The molecule has 2 aromatic rings. The second kappa shape index (κ2) is 7.09. The maximum atomic E-state index is 11.9. The summed E-state index contributed by atoms with van der Waals surface area (Å²) < 4.78 is 10.3. The van der Waals surface area contributed by atoms with E-state index in [0.29, 0.717) is 17.1 Å². The second-order valence-electron chi connectivity index (χ2n) is 4.29. The van der Waals surface area contributed by atoms with E-state index in [2.05, 4.69) is 5.32 Å². The van der Waals surface area contributed by atoms with E-state index in [1.165, 1.54) is 24.7 Å². The summed E-state index contributed by atoms with van der Waals surface area (Å²) in [5, 5.41) is 2.48. The molecular weight excluding hydrogens is 286 g/mol. The van der Waals surface area contributed by atoms with E-state index in [-0.39, 0.29) is 5.70 Å². The number of furan rings is 2. The van der Waals surface area contributed by atoms with Crippen LogP contribution in [0.15, 0.2) is 57.4 Å². The van der Waals surface area contributed by atoms with Crippen LogP contribution in [0, 0.1) is 0 Å². The Morgan fingerprint density at radius 1 is 1.18 bits per heavy atom. The zero-order chi connectivity index (χ0) is 15.9. The van der Waals surface area contributed by atoms with Gasteiger partial charge in [-0.25, -0.2) is 5.84 Å². The minimum atomic E-state index is -0.631. The summed E-state index contributed by atoms with van der Waals surface area (Å²) in [7, 11) is 0. The number of allylic oxidation sites excluding steroid dienone is 1. The maximum absolute atomic E-state index is 11.9. The Bertz CT molecular complexity index is 697. The maximum Gasteiger partial charge on any atom is 0.282 e. The molecule has 0 aromatic carbocycles. The van der Waals surface area contributed by atoms with Crippen LogP contribution in [0.1, 0.15) is 18.4 Å². The lowest BCUT2D eigenvalue weighted by Gasteiger charge is -2.09. The molecule has 4 N–H and O–H groups in total. The summed E-state index contributed by atoms with van der Waals surface area (Å²) in [6.07, 6.45) is 5.69. The van der Waals surface area contributed by atoms with Gasteiger partial charge in [0.05, 0.1) is 12.5 Å². The number of carbonyl (C=O) groups is 2. The van der Waals surface area contributed by atoms with Crippen LogP contribution >= 0.6 is 0 Å². The Kier molecular flexibility index (Phi) is 4.94. The first kappa shape index (κ1) is 15.3. The molecule has 0 aliphatic heterocycles. The molecule has 0 aliphatic carbocycles. The van der Waals surface area contributed by atoms with Gasteiger partial charge in [-0.3, -0.25) is 15.0 Å². The molecule has 0 unspecified atom stereocenters. The Hall–Kier alpha value is -3.06. The molecule has 0 saturated carbocycles. The smallest absolute Gasteiger partial charge is 0.282 e. The van der Waals surface area contributed by atoms with Gasteiger partial charge in [-0.05, 0) is 37.3 Å². The van der Waals surface area contributed by atoms with E-state index in [0.717, 1.165) is 0 Å². The normalized spacial score (nSPS) is 12.1. The number of hydrogen-bond donors (Lipinski definition) is 3. The van der Waals surface area contributed by atoms with Crippen molar-refractivity contribution in [1.82, 2.24) is 10.7 Å². The molecule has 7 nitrogen and oxygen atoms in total. The number of hydrogen-bond acceptors (Lipinski definition) is 5. The highest BCUT2D eigenvalue weighted by atomic mass is 16.3. The van der Waals surface area contributed by atoms with Gasteiger partial charge in [0.15, 0.2) is 0 Å². The molecule has 2 amide bonds. The third kappa shape index (κ3) is 3.74. The van der Waals surface area contributed by atoms with E-state index in [1.807, 2.05) is 5.43 Å². The monoisotopic (exact) mass is 301 g/mol. The summed E-state index contributed by atoms with van der Waals surface area (Å²) in [5.41, 5.74) is 2.44. The number of nitrogens with one attached hydrogen (secondary N) is 2. The van der Waals surface area contributed by atoms with Gasteiger partial charge in [0, 0.05) is 11.6 Å². The average molecular weight is 301 g/mol. The van der Waals surface area contributed by atoms with Crippen molar-refractivity contribution in [2.75, 3.05) is 0 Å². The van der Waals surface area contributed by atoms with Crippen molar-refractivity contribution in [3.05, 3.63) is 60.1 Å². The van der Waals surface area contributed by atoms with Gasteiger partial charge in [-0.2, -0.15) is 0 Å². The fraction of sp³-hybridized carbons (Fsp3) is 0.0667. The van der Waals surface area contributed by atoms with Crippen molar-refractivity contribution < 1.29 is 18.4 Å². The first-order valence-electron chi connectivity index (χ1n) is 6.40. The zero-order valence-electron chi connectivity index (χ0n) is 11.8. The number of hydrazine groups is 1. The Morgan fingerprint density at radius 3 is 2.50 bits per heavy atom. The average Bonchev–Trinajstić information content (AvgIpc) is 3.22. The molecule has 114 valence electrons. The fourth-order valence-corrected chi connectivity index (χ4v) is 1.72. The van der Waals surface area contributed by atoms with Crippen molar-refractivity contribution in [3.63, 3.8) is 0 Å². The SMILES string of the molecule is C/C(=C(/NC(=O)/C=C/c1ccco1)C(=O)NN)c1ccco1. The van der Waals surface area contributed by atoms with Gasteiger partial charge in [-0.15, -0.1) is 0 Å². The zero-order valence-corrected chi connectivity index (χ0v) is 11.8. The number of nitrogens with two attached hydrogens (primary N) is 1. The molecule has 0 spiro atoms. The molecule has 0 atom stereocenters. The molecule has 2 heterocycles. The molecule has 22 heavy (non-hydrogen) atoms. The number of carbonyl (C=O) groups excluding carboxylic acids is 2. The van der Waals surface area contributed by atoms with E-state index in [4.69, 9.17) is 14.7 Å². The van der Waals surface area contributed by atoms with Crippen LogP contribution in [0.25, 0.3) is 11.6 Å². The first-order chi connectivity index (χ1) is 10.6. The van der Waals surface area contributed by atoms with E-state index in [9.17, 15) is 9.59 Å². The lowest BCUT2D eigenvalue weighted by molar-refractivity contribution is -0.121. The lowest BCUT2D eigenvalue weighted by atomic mass is 10.1. The molecule has 0 bridgehead atoms. The largest absolute Gasteiger partial charge is 0.465 e. The van der Waals surface area contributed by atoms with Crippen LogP contribution in [0.3, 0.4) is 0 Å². The Morgan fingerprint density at radius 2 is 1.91 bits per heavy atom. The van der Waals surface area contributed by atoms with Gasteiger partial charge in [0.1, 0.15) is 17.2 Å². The van der Waals surface area contributed by atoms with Gasteiger partial charge >= 0.3 is 0 Å². The predicted octanol–water partition coefficient (Wildman–Crippen LogP) is 1.42. The van der Waals surface area contributed by atoms with Gasteiger partial charge in [-0.1, -0.05) is 0 Å². The third-order valence-electron chi connectivity index (χ3n) is 2.81. The first-order valence-corrected chi connectivity index (χ1v) is 6.40. The molecule has 2 rings (SSSR count). The van der Waals surface area contributed by atoms with Crippen LogP contribution in [0.5, 0.6) is 0 Å². The van der Waals surface area contributed by atoms with Crippen LogP contribution in [-0.4, -0.2) is 11.8 Å². The van der Waals surface area contributed by atoms with Gasteiger partial charge in [0.25, 0.3) is 5.91 Å². The van der Waals surface area contributed by atoms with Gasteiger partial charge in [0.2, 0.25) is 5.91 Å². The van der Waals surface area contributed by atoms with Crippen molar-refractivity contribution in [3.8, 4) is 0 Å². The predicted molar refractivity (Wildman–Crippen MR) is 79.5 cm³/mol. The van der Waals surface area contributed by atoms with Crippen LogP contribution in [0.2, 0.25) is 0 Å². The van der Waals surface area contributed by atoms with Crippen molar-refractivity contribution in [1.29, 1.82) is 0 Å². The van der Waals surface area contributed by atoms with Gasteiger partial charge < -0.3 is 14.2 Å². The summed E-state index contributed by atoms with van der Waals surface area (Å²) in [5.74, 6) is 4.99. The molecule has 0 saturated heterocycles. The fourth-order valence-electron chi connectivity index (χ4n) is 1.72. The number of amides is 2. The molecule has 0 aliphatic rings. The van der Waals surface area contributed by atoms with Crippen molar-refractivity contribution in [2.24, 2.45) is 5.84 Å². The van der Waals surface area contributed by atoms with E-state index < -0.39 is 11.8 Å². The Labute approximate surface area is 126 Å². The Balaban J connectivity index is 2.19. The molecule has 7 heteroatoms. The minimum absolute atomic E-state index is 0.00606. The summed E-state index contributed by atoms with van der Waals surface area (Å²) in [6, 6.07) is 6.74. The molecule has 2 aromatic heterocycles. The second-order valence-corrected chi connectivity index (χ2v) is 4.29. The summed E-state index contributed by atoms with van der Waals surface area (Å²) in [4.78, 5) is 23.7.